The average Bonchev–Trinajstić information content (AvgIpc) is 3.09. The zero-order valence-electron chi connectivity index (χ0n) is 32.0. The minimum Gasteiger partial charge on any atom is -0.394 e. The lowest BCUT2D eigenvalue weighted by atomic mass is 10.00. The fourth-order valence-corrected chi connectivity index (χ4v) is 6.58. The Morgan fingerprint density at radius 2 is 0.854 bits per heavy atom. The van der Waals surface area contributed by atoms with Crippen molar-refractivity contribution in [1.82, 2.24) is 5.32 Å². The zero-order chi connectivity index (χ0) is 35.3. The molecule has 6 heteroatoms. The van der Waals surface area contributed by atoms with Gasteiger partial charge < -0.3 is 25.7 Å². The first-order valence-corrected chi connectivity index (χ1v) is 21.1. The van der Waals surface area contributed by atoms with Gasteiger partial charge in [-0.25, -0.2) is 0 Å². The molecule has 0 radical (unpaired) electrons. The lowest BCUT2D eigenvalue weighted by molar-refractivity contribution is -0.132. The summed E-state index contributed by atoms with van der Waals surface area (Å²) in [5.41, 5.74) is 0. The van der Waals surface area contributed by atoms with Gasteiger partial charge in [-0.3, -0.25) is 4.79 Å². The average molecular weight is 682 g/mol. The van der Waals surface area contributed by atoms with Gasteiger partial charge in [-0.1, -0.05) is 193 Å². The molecule has 286 valence electrons. The van der Waals surface area contributed by atoms with Crippen LogP contribution in [0, 0.1) is 0 Å². The number of rotatable bonds is 38. The zero-order valence-corrected chi connectivity index (χ0v) is 32.0. The van der Waals surface area contributed by atoms with Crippen LogP contribution in [0.4, 0.5) is 0 Å². The van der Waals surface area contributed by atoms with Crippen LogP contribution in [-0.4, -0.2) is 57.3 Å². The Bertz CT molecular complexity index is 687. The highest BCUT2D eigenvalue weighted by Gasteiger charge is 2.28. The number of hydrogen-bond donors (Lipinski definition) is 5. The van der Waals surface area contributed by atoms with Gasteiger partial charge in [-0.05, 0) is 38.5 Å². The number of aliphatic hydroxyl groups is 4. The number of nitrogens with one attached hydrogen (secondary N) is 1. The number of carbonyl (C=O) groups excluding carboxylic acids is 1. The van der Waals surface area contributed by atoms with Crippen molar-refractivity contribution in [3.8, 4) is 0 Å². The van der Waals surface area contributed by atoms with Gasteiger partial charge in [-0.2, -0.15) is 0 Å². The molecule has 1 amide bonds. The predicted octanol–water partition coefficient (Wildman–Crippen LogP) is 10.6. The Morgan fingerprint density at radius 3 is 1.25 bits per heavy atom. The first-order valence-electron chi connectivity index (χ1n) is 21.1. The molecular weight excluding hydrogens is 598 g/mol. The van der Waals surface area contributed by atoms with Crippen LogP contribution in [0.5, 0.6) is 0 Å². The SMILES string of the molecule is CCCCCCCCC/C=C/CCC[C@H](O)[C@H](O)[C@@H](CO)NC(=O)[C@@H](O)CCCCCCCCCCCCCCCCCCCCCC. The van der Waals surface area contributed by atoms with Crippen LogP contribution in [0.15, 0.2) is 12.2 Å². The third kappa shape index (κ3) is 31.1. The van der Waals surface area contributed by atoms with Crippen molar-refractivity contribution in [3.05, 3.63) is 12.2 Å². The van der Waals surface area contributed by atoms with E-state index < -0.39 is 36.9 Å². The summed E-state index contributed by atoms with van der Waals surface area (Å²) in [5, 5.41) is 43.5. The van der Waals surface area contributed by atoms with Crippen LogP contribution >= 0.6 is 0 Å². The molecule has 0 heterocycles. The molecule has 5 N–H and O–H groups in total. The second-order valence-electron chi connectivity index (χ2n) is 14.7. The van der Waals surface area contributed by atoms with E-state index in [-0.39, 0.29) is 0 Å². The number of amides is 1. The molecule has 0 spiro atoms. The van der Waals surface area contributed by atoms with Crippen LogP contribution in [-0.2, 0) is 4.79 Å². The van der Waals surface area contributed by atoms with E-state index in [1.807, 2.05) is 0 Å². The molecule has 0 aromatic rings. The van der Waals surface area contributed by atoms with E-state index >= 15 is 0 Å². The molecule has 0 fully saturated rings. The molecular formula is C42H83NO5. The number of carbonyl (C=O) groups is 1. The minimum absolute atomic E-state index is 0.368. The highest BCUT2D eigenvalue weighted by molar-refractivity contribution is 5.80. The molecule has 0 bridgehead atoms. The quantitative estimate of drug-likeness (QED) is 0.0329. The van der Waals surface area contributed by atoms with Gasteiger partial charge in [0.25, 0.3) is 0 Å². The van der Waals surface area contributed by atoms with Crippen molar-refractivity contribution in [2.45, 2.75) is 244 Å². The van der Waals surface area contributed by atoms with Gasteiger partial charge >= 0.3 is 0 Å². The monoisotopic (exact) mass is 682 g/mol. The van der Waals surface area contributed by atoms with E-state index in [4.69, 9.17) is 0 Å². The molecule has 0 aliphatic rings. The lowest BCUT2D eigenvalue weighted by Crippen LogP contribution is -2.53. The van der Waals surface area contributed by atoms with Crippen molar-refractivity contribution in [1.29, 1.82) is 0 Å². The van der Waals surface area contributed by atoms with Crippen LogP contribution in [0.2, 0.25) is 0 Å². The number of allylic oxidation sites excluding steroid dienone is 2. The predicted molar refractivity (Wildman–Crippen MR) is 205 cm³/mol. The van der Waals surface area contributed by atoms with E-state index in [2.05, 4.69) is 31.3 Å². The summed E-state index contributed by atoms with van der Waals surface area (Å²) in [6, 6.07) is -0.995. The van der Waals surface area contributed by atoms with Crippen molar-refractivity contribution in [2.75, 3.05) is 6.61 Å². The fraction of sp³-hybridized carbons (Fsp3) is 0.929. The Hall–Kier alpha value is -0.950. The lowest BCUT2D eigenvalue weighted by Gasteiger charge is -2.27. The molecule has 0 aliphatic heterocycles. The Morgan fingerprint density at radius 1 is 0.500 bits per heavy atom. The van der Waals surface area contributed by atoms with Gasteiger partial charge in [0, 0.05) is 0 Å². The standard InChI is InChI=1S/C42H83NO5/c1-3-5-7-9-11-13-15-17-18-19-20-21-22-23-24-26-28-30-32-34-36-40(46)42(48)43-38(37-44)41(47)39(45)35-33-31-29-27-25-16-14-12-10-8-6-4-2/h27,29,38-41,44-47H,3-26,28,30-37H2,1-2H3,(H,43,48)/b29-27+/t38-,39+,40+,41-/m1/s1. The molecule has 0 aromatic heterocycles. The highest BCUT2D eigenvalue weighted by atomic mass is 16.3. The molecule has 0 rings (SSSR count). The third-order valence-corrected chi connectivity index (χ3v) is 9.98. The number of aliphatic hydroxyl groups excluding tert-OH is 4. The van der Waals surface area contributed by atoms with Crippen molar-refractivity contribution < 1.29 is 25.2 Å². The van der Waals surface area contributed by atoms with Crippen LogP contribution < -0.4 is 5.32 Å². The maximum atomic E-state index is 12.5. The maximum Gasteiger partial charge on any atom is 0.249 e. The minimum atomic E-state index is -1.28. The molecule has 0 aliphatic carbocycles. The third-order valence-electron chi connectivity index (χ3n) is 9.98. The van der Waals surface area contributed by atoms with Gasteiger partial charge in [0.15, 0.2) is 0 Å². The normalized spacial score (nSPS) is 14.4. The molecule has 4 atom stereocenters. The van der Waals surface area contributed by atoms with E-state index in [0.29, 0.717) is 12.8 Å². The molecule has 48 heavy (non-hydrogen) atoms. The summed E-state index contributed by atoms with van der Waals surface area (Å²) >= 11 is 0. The van der Waals surface area contributed by atoms with E-state index in [0.717, 1.165) is 38.5 Å². The Labute approximate surface area is 298 Å². The van der Waals surface area contributed by atoms with Gasteiger partial charge in [0.1, 0.15) is 12.2 Å². The van der Waals surface area contributed by atoms with Gasteiger partial charge in [0.05, 0.1) is 18.8 Å². The summed E-state index contributed by atoms with van der Waals surface area (Å²) < 4.78 is 0. The van der Waals surface area contributed by atoms with Crippen LogP contribution in [0.1, 0.15) is 219 Å². The van der Waals surface area contributed by atoms with E-state index in [9.17, 15) is 25.2 Å². The molecule has 0 unspecified atom stereocenters. The van der Waals surface area contributed by atoms with Gasteiger partial charge in [-0.15, -0.1) is 0 Å². The van der Waals surface area contributed by atoms with E-state index in [1.54, 1.807) is 0 Å². The summed E-state index contributed by atoms with van der Waals surface area (Å²) in [7, 11) is 0. The second kappa shape index (κ2) is 37.3. The largest absolute Gasteiger partial charge is 0.394 e. The fourth-order valence-electron chi connectivity index (χ4n) is 6.58. The topological polar surface area (TPSA) is 110 Å². The summed E-state index contributed by atoms with van der Waals surface area (Å²) in [6.07, 6.45) is 39.6. The number of unbranched alkanes of at least 4 members (excludes halogenated alkanes) is 27. The molecule has 6 nitrogen and oxygen atoms in total. The van der Waals surface area contributed by atoms with E-state index in [1.165, 1.54) is 154 Å². The first kappa shape index (κ1) is 47.0. The summed E-state index contributed by atoms with van der Waals surface area (Å²) in [4.78, 5) is 12.5. The maximum absolute atomic E-state index is 12.5. The Balaban J connectivity index is 3.73. The smallest absolute Gasteiger partial charge is 0.249 e. The number of hydrogen-bond acceptors (Lipinski definition) is 5. The van der Waals surface area contributed by atoms with Crippen molar-refractivity contribution in [3.63, 3.8) is 0 Å². The second-order valence-corrected chi connectivity index (χ2v) is 14.7. The molecule has 0 saturated heterocycles. The van der Waals surface area contributed by atoms with Crippen LogP contribution in [0.3, 0.4) is 0 Å². The van der Waals surface area contributed by atoms with Crippen molar-refractivity contribution in [2.24, 2.45) is 0 Å². The summed E-state index contributed by atoms with van der Waals surface area (Å²) in [6.45, 7) is 4.03. The van der Waals surface area contributed by atoms with Crippen molar-refractivity contribution >= 4 is 5.91 Å². The first-order chi connectivity index (χ1) is 23.5. The molecule has 0 saturated carbocycles. The van der Waals surface area contributed by atoms with Crippen LogP contribution in [0.25, 0.3) is 0 Å². The highest BCUT2D eigenvalue weighted by Crippen LogP contribution is 2.16. The Kier molecular flexibility index (Phi) is 36.6. The van der Waals surface area contributed by atoms with Gasteiger partial charge in [0.2, 0.25) is 5.91 Å². The summed E-state index contributed by atoms with van der Waals surface area (Å²) in [5.74, 6) is -0.591. The molecule has 0 aromatic carbocycles.